The van der Waals surface area contributed by atoms with Crippen LogP contribution in [0, 0.1) is 0 Å². The number of carbonyl (C=O) groups is 2. The summed E-state index contributed by atoms with van der Waals surface area (Å²) in [5, 5.41) is 0. The molecule has 0 bridgehead atoms. The van der Waals surface area contributed by atoms with E-state index in [1.807, 2.05) is 0 Å². The molecule has 0 aliphatic rings. The first-order valence-electron chi connectivity index (χ1n) is 22.2. The molecule has 0 saturated heterocycles. The number of nitrogens with two attached hydrogens (primary N) is 1. The number of phosphoric ester groups is 1. The van der Waals surface area contributed by atoms with Crippen molar-refractivity contribution in [3.05, 3.63) is 12.2 Å². The Morgan fingerprint density at radius 1 is 0.547 bits per heavy atom. The number of ether oxygens (including phenoxy) is 2. The topological polar surface area (TPSA) is 134 Å². The lowest BCUT2D eigenvalue weighted by molar-refractivity contribution is -0.161. The number of rotatable bonds is 42. The van der Waals surface area contributed by atoms with Crippen molar-refractivity contribution in [2.45, 2.75) is 225 Å². The number of allylic oxidation sites excluding steroid dienone is 2. The van der Waals surface area contributed by atoms with Gasteiger partial charge in [-0.2, -0.15) is 0 Å². The zero-order valence-corrected chi connectivity index (χ0v) is 35.4. The summed E-state index contributed by atoms with van der Waals surface area (Å²) >= 11 is 0. The zero-order chi connectivity index (χ0) is 38.9. The van der Waals surface area contributed by atoms with E-state index in [4.69, 9.17) is 24.3 Å². The number of phosphoric acid groups is 1. The van der Waals surface area contributed by atoms with Gasteiger partial charge in [0.25, 0.3) is 0 Å². The first-order valence-corrected chi connectivity index (χ1v) is 23.7. The fourth-order valence-corrected chi connectivity index (χ4v) is 7.09. The summed E-state index contributed by atoms with van der Waals surface area (Å²) in [6.45, 7) is 3.71. The predicted octanol–water partition coefficient (Wildman–Crippen LogP) is 12.6. The van der Waals surface area contributed by atoms with Gasteiger partial charge in [0.15, 0.2) is 6.10 Å². The lowest BCUT2D eigenvalue weighted by Crippen LogP contribution is -2.29. The summed E-state index contributed by atoms with van der Waals surface area (Å²) in [7, 11) is -4.37. The maximum absolute atomic E-state index is 12.6. The van der Waals surface area contributed by atoms with Crippen LogP contribution >= 0.6 is 7.82 Å². The van der Waals surface area contributed by atoms with Gasteiger partial charge in [-0.05, 0) is 32.1 Å². The molecule has 0 fully saturated rings. The quantitative estimate of drug-likeness (QED) is 0.0269. The molecule has 0 amide bonds. The third-order valence-corrected chi connectivity index (χ3v) is 10.6. The van der Waals surface area contributed by atoms with Crippen LogP contribution in [0.15, 0.2) is 12.2 Å². The summed E-state index contributed by atoms with van der Waals surface area (Å²) < 4.78 is 32.7. The lowest BCUT2D eigenvalue weighted by Gasteiger charge is -2.19. The van der Waals surface area contributed by atoms with Crippen LogP contribution in [0.5, 0.6) is 0 Å². The van der Waals surface area contributed by atoms with Gasteiger partial charge in [-0.15, -0.1) is 0 Å². The minimum absolute atomic E-state index is 0.0551. The molecule has 10 heteroatoms. The van der Waals surface area contributed by atoms with Gasteiger partial charge in [0.1, 0.15) is 6.61 Å². The van der Waals surface area contributed by atoms with Crippen molar-refractivity contribution in [2.24, 2.45) is 5.73 Å². The van der Waals surface area contributed by atoms with Crippen molar-refractivity contribution >= 4 is 19.8 Å². The van der Waals surface area contributed by atoms with Crippen molar-refractivity contribution in [3.63, 3.8) is 0 Å². The number of hydrogen-bond acceptors (Lipinski definition) is 8. The SMILES string of the molecule is CCCCC=CCCCCCCCC(=O)OCC(COP(=O)(O)OCCN)OC(=O)CCCCCCCCCCCCCCCCCCCCCCC. The first kappa shape index (κ1) is 51.8. The Morgan fingerprint density at radius 3 is 1.40 bits per heavy atom. The Kier molecular flexibility index (Phi) is 39.5. The predicted molar refractivity (Wildman–Crippen MR) is 220 cm³/mol. The average Bonchev–Trinajstić information content (AvgIpc) is 3.14. The molecule has 0 aromatic carbocycles. The molecular weight excluding hydrogens is 689 g/mol. The normalized spacial score (nSPS) is 13.4. The molecule has 9 nitrogen and oxygen atoms in total. The van der Waals surface area contributed by atoms with Gasteiger partial charge < -0.3 is 20.1 Å². The Bertz CT molecular complexity index is 886. The fraction of sp³-hybridized carbons (Fsp3) is 0.907. The molecule has 2 atom stereocenters. The van der Waals surface area contributed by atoms with E-state index in [9.17, 15) is 19.0 Å². The van der Waals surface area contributed by atoms with Crippen LogP contribution in [0.4, 0.5) is 0 Å². The summed E-state index contributed by atoms with van der Waals surface area (Å²) in [4.78, 5) is 34.8. The number of carbonyl (C=O) groups excluding carboxylic acids is 2. The van der Waals surface area contributed by atoms with Gasteiger partial charge in [0.2, 0.25) is 0 Å². The summed E-state index contributed by atoms with van der Waals surface area (Å²) in [5.74, 6) is -0.830. The van der Waals surface area contributed by atoms with Crippen molar-refractivity contribution in [1.29, 1.82) is 0 Å². The van der Waals surface area contributed by atoms with E-state index in [2.05, 4.69) is 26.0 Å². The molecule has 0 rings (SSSR count). The van der Waals surface area contributed by atoms with E-state index < -0.39 is 26.5 Å². The highest BCUT2D eigenvalue weighted by atomic mass is 31.2. The fourth-order valence-electron chi connectivity index (χ4n) is 6.32. The van der Waals surface area contributed by atoms with Crippen LogP contribution in [-0.2, 0) is 32.7 Å². The zero-order valence-electron chi connectivity index (χ0n) is 34.5. The van der Waals surface area contributed by atoms with Crippen molar-refractivity contribution in [2.75, 3.05) is 26.4 Å². The highest BCUT2D eigenvalue weighted by Crippen LogP contribution is 2.43. The third-order valence-electron chi connectivity index (χ3n) is 9.65. The van der Waals surface area contributed by atoms with Crippen LogP contribution in [0.2, 0.25) is 0 Å². The van der Waals surface area contributed by atoms with Crippen molar-refractivity contribution in [1.82, 2.24) is 0 Å². The van der Waals surface area contributed by atoms with E-state index in [1.54, 1.807) is 0 Å². The van der Waals surface area contributed by atoms with Crippen LogP contribution in [0.25, 0.3) is 0 Å². The Labute approximate surface area is 326 Å². The Balaban J connectivity index is 4.03. The monoisotopic (exact) mass is 774 g/mol. The van der Waals surface area contributed by atoms with Crippen LogP contribution in [0.1, 0.15) is 219 Å². The number of hydrogen-bond donors (Lipinski definition) is 2. The molecule has 0 aromatic rings. The molecule has 0 spiro atoms. The minimum Gasteiger partial charge on any atom is -0.462 e. The maximum atomic E-state index is 12.6. The van der Waals surface area contributed by atoms with E-state index >= 15 is 0 Å². The summed E-state index contributed by atoms with van der Waals surface area (Å²) in [5.41, 5.74) is 5.34. The highest BCUT2D eigenvalue weighted by Gasteiger charge is 2.26. The first-order chi connectivity index (χ1) is 25.8. The van der Waals surface area contributed by atoms with Crippen LogP contribution in [0.3, 0.4) is 0 Å². The highest BCUT2D eigenvalue weighted by molar-refractivity contribution is 7.47. The van der Waals surface area contributed by atoms with E-state index in [0.29, 0.717) is 6.42 Å². The average molecular weight is 774 g/mol. The molecule has 0 aliphatic carbocycles. The largest absolute Gasteiger partial charge is 0.472 e. The van der Waals surface area contributed by atoms with Crippen molar-refractivity contribution < 1.29 is 37.6 Å². The second-order valence-electron chi connectivity index (χ2n) is 14.9. The molecule has 2 unspecified atom stereocenters. The van der Waals surface area contributed by atoms with Gasteiger partial charge in [-0.25, -0.2) is 4.57 Å². The molecule has 0 aromatic heterocycles. The number of unbranched alkanes of at least 4 members (excludes halogenated alkanes) is 27. The Hall–Kier alpha value is -1.25. The van der Waals surface area contributed by atoms with Gasteiger partial charge >= 0.3 is 19.8 Å². The molecule has 0 aliphatic heterocycles. The Morgan fingerprint density at radius 2 is 0.943 bits per heavy atom. The van der Waals surface area contributed by atoms with Gasteiger partial charge in [-0.3, -0.25) is 18.6 Å². The van der Waals surface area contributed by atoms with Crippen LogP contribution < -0.4 is 5.73 Å². The minimum atomic E-state index is -4.37. The van der Waals surface area contributed by atoms with Gasteiger partial charge in [0, 0.05) is 19.4 Å². The smallest absolute Gasteiger partial charge is 0.462 e. The third kappa shape index (κ3) is 40.2. The number of esters is 2. The van der Waals surface area contributed by atoms with Gasteiger partial charge in [0.05, 0.1) is 13.2 Å². The maximum Gasteiger partial charge on any atom is 0.472 e. The molecule has 3 N–H and O–H groups in total. The molecule has 0 heterocycles. The standard InChI is InChI=1S/C43H84NO8P/c1-3-5-7-9-11-13-15-16-17-18-19-20-21-22-23-24-26-28-30-32-34-36-43(46)52-41(40-51-53(47,48)50-38-37-44)39-49-42(45)35-33-31-29-27-25-14-12-10-8-6-4-2/h10,12,41H,3-9,11,13-40,44H2,1-2H3,(H,47,48). The van der Waals surface area contributed by atoms with E-state index in [1.165, 1.54) is 128 Å². The molecule has 0 radical (unpaired) electrons. The van der Waals surface area contributed by atoms with Gasteiger partial charge in [-0.1, -0.05) is 187 Å². The molecular formula is C43H84NO8P. The van der Waals surface area contributed by atoms with E-state index in [-0.39, 0.29) is 38.6 Å². The second-order valence-corrected chi connectivity index (χ2v) is 16.4. The van der Waals surface area contributed by atoms with E-state index in [0.717, 1.165) is 57.8 Å². The molecule has 314 valence electrons. The van der Waals surface area contributed by atoms with Crippen LogP contribution in [-0.4, -0.2) is 49.3 Å². The molecule has 53 heavy (non-hydrogen) atoms. The summed E-state index contributed by atoms with van der Waals surface area (Å²) in [6, 6.07) is 0. The second kappa shape index (κ2) is 40.4. The molecule has 0 saturated carbocycles. The lowest BCUT2D eigenvalue weighted by atomic mass is 10.0. The van der Waals surface area contributed by atoms with Crippen molar-refractivity contribution in [3.8, 4) is 0 Å². The summed E-state index contributed by atoms with van der Waals surface area (Å²) in [6.07, 6.45) is 41.1.